The number of carbonyl (C=O) groups is 1. The molecule has 0 unspecified atom stereocenters. The molecule has 0 atom stereocenters. The topological polar surface area (TPSA) is 44.9 Å². The van der Waals surface area contributed by atoms with Gasteiger partial charge in [-0.2, -0.15) is 0 Å². The average Bonchev–Trinajstić information content (AvgIpc) is 2.91. The number of hydrogen-bond acceptors (Lipinski definition) is 1. The first-order valence-electron chi connectivity index (χ1n) is 6.29. The van der Waals surface area contributed by atoms with Crippen molar-refractivity contribution in [1.82, 2.24) is 4.98 Å². The lowest BCUT2D eigenvalue weighted by Crippen LogP contribution is -2.13. The fourth-order valence-corrected chi connectivity index (χ4v) is 2.19. The Kier molecular flexibility index (Phi) is 2.99. The van der Waals surface area contributed by atoms with Crippen LogP contribution in [0.1, 0.15) is 15.9 Å². The van der Waals surface area contributed by atoms with E-state index in [4.69, 9.17) is 0 Å². The van der Waals surface area contributed by atoms with Gasteiger partial charge in [0, 0.05) is 17.3 Å². The van der Waals surface area contributed by atoms with Crippen LogP contribution >= 0.6 is 0 Å². The molecule has 100 valence electrons. The van der Waals surface area contributed by atoms with E-state index in [9.17, 15) is 9.18 Å². The Bertz CT molecular complexity index is 792. The average molecular weight is 268 g/mol. The zero-order valence-corrected chi connectivity index (χ0v) is 10.9. The van der Waals surface area contributed by atoms with E-state index in [1.807, 2.05) is 25.1 Å². The van der Waals surface area contributed by atoms with E-state index in [1.54, 1.807) is 18.3 Å². The van der Waals surface area contributed by atoms with Crippen LogP contribution in [0.4, 0.5) is 10.1 Å². The lowest BCUT2D eigenvalue weighted by Gasteiger charge is -2.09. The minimum atomic E-state index is -0.371. The highest BCUT2D eigenvalue weighted by molar-refractivity contribution is 6.12. The molecule has 0 fully saturated rings. The number of anilines is 1. The van der Waals surface area contributed by atoms with Gasteiger partial charge in [-0.3, -0.25) is 4.79 Å². The van der Waals surface area contributed by atoms with Gasteiger partial charge in [0.25, 0.3) is 5.91 Å². The number of nitrogens with one attached hydrogen (secondary N) is 2. The summed E-state index contributed by atoms with van der Waals surface area (Å²) in [6.07, 6.45) is 1.79. The first-order valence-corrected chi connectivity index (χ1v) is 6.29. The van der Waals surface area contributed by atoms with Gasteiger partial charge in [0.2, 0.25) is 0 Å². The highest BCUT2D eigenvalue weighted by Crippen LogP contribution is 2.20. The number of aromatic amines is 1. The monoisotopic (exact) mass is 268 g/mol. The molecular formula is C16H13FN2O. The van der Waals surface area contributed by atoms with E-state index >= 15 is 0 Å². The third-order valence-electron chi connectivity index (χ3n) is 3.28. The zero-order valence-electron chi connectivity index (χ0n) is 10.9. The fourth-order valence-electron chi connectivity index (χ4n) is 2.19. The summed E-state index contributed by atoms with van der Waals surface area (Å²) in [5.74, 6) is -0.629. The van der Waals surface area contributed by atoms with E-state index in [0.29, 0.717) is 11.3 Å². The van der Waals surface area contributed by atoms with Crippen molar-refractivity contribution in [1.29, 1.82) is 0 Å². The molecule has 2 N–H and O–H groups in total. The maximum Gasteiger partial charge on any atom is 0.257 e. The molecule has 1 amide bonds. The predicted octanol–water partition coefficient (Wildman–Crippen LogP) is 3.87. The van der Waals surface area contributed by atoms with Gasteiger partial charge in [-0.1, -0.05) is 18.2 Å². The minimum Gasteiger partial charge on any atom is -0.361 e. The summed E-state index contributed by atoms with van der Waals surface area (Å²) in [5.41, 5.74) is 2.62. The van der Waals surface area contributed by atoms with Crippen molar-refractivity contribution < 1.29 is 9.18 Å². The summed E-state index contributed by atoms with van der Waals surface area (Å²) in [7, 11) is 0. The summed E-state index contributed by atoms with van der Waals surface area (Å²) >= 11 is 0. The molecule has 0 spiro atoms. The first-order chi connectivity index (χ1) is 9.65. The van der Waals surface area contributed by atoms with Crippen molar-refractivity contribution in [2.24, 2.45) is 0 Å². The molecule has 4 heteroatoms. The van der Waals surface area contributed by atoms with Gasteiger partial charge < -0.3 is 10.3 Å². The Balaban J connectivity index is 1.97. The van der Waals surface area contributed by atoms with Crippen molar-refractivity contribution in [3.05, 3.63) is 65.6 Å². The molecular weight excluding hydrogens is 255 g/mol. The van der Waals surface area contributed by atoms with Crippen LogP contribution in [-0.4, -0.2) is 10.9 Å². The van der Waals surface area contributed by atoms with E-state index in [-0.39, 0.29) is 11.7 Å². The van der Waals surface area contributed by atoms with Gasteiger partial charge in [0.15, 0.2) is 0 Å². The van der Waals surface area contributed by atoms with Crippen LogP contribution in [0.3, 0.4) is 0 Å². The number of hydrogen-bond donors (Lipinski definition) is 2. The molecule has 20 heavy (non-hydrogen) atoms. The highest BCUT2D eigenvalue weighted by atomic mass is 19.1. The second-order valence-corrected chi connectivity index (χ2v) is 4.66. The third-order valence-corrected chi connectivity index (χ3v) is 3.28. The molecule has 0 radical (unpaired) electrons. The Hall–Kier alpha value is -2.62. The number of amides is 1. The predicted molar refractivity (Wildman–Crippen MR) is 77.4 cm³/mol. The van der Waals surface area contributed by atoms with Gasteiger partial charge in [0.1, 0.15) is 5.82 Å². The van der Waals surface area contributed by atoms with Crippen molar-refractivity contribution in [2.45, 2.75) is 6.92 Å². The van der Waals surface area contributed by atoms with Crippen molar-refractivity contribution >= 4 is 22.5 Å². The van der Waals surface area contributed by atoms with E-state index in [2.05, 4.69) is 10.3 Å². The normalized spacial score (nSPS) is 10.7. The quantitative estimate of drug-likeness (QED) is 0.728. The molecule has 3 aromatic rings. The van der Waals surface area contributed by atoms with Gasteiger partial charge in [-0.15, -0.1) is 0 Å². The molecule has 1 heterocycles. The van der Waals surface area contributed by atoms with Crippen LogP contribution in [0.25, 0.3) is 10.9 Å². The summed E-state index contributed by atoms with van der Waals surface area (Å²) < 4.78 is 13.2. The number of benzene rings is 2. The maximum atomic E-state index is 13.2. The van der Waals surface area contributed by atoms with Crippen molar-refractivity contribution in [2.75, 3.05) is 5.32 Å². The summed E-state index contributed by atoms with van der Waals surface area (Å²) in [6.45, 7) is 1.82. The van der Waals surface area contributed by atoms with Crippen LogP contribution in [-0.2, 0) is 0 Å². The first kappa shape index (κ1) is 12.4. The molecule has 2 aromatic carbocycles. The Morgan fingerprint density at radius 3 is 2.90 bits per heavy atom. The van der Waals surface area contributed by atoms with Gasteiger partial charge in [0.05, 0.1) is 11.1 Å². The number of rotatable bonds is 2. The Labute approximate surface area is 115 Å². The lowest BCUT2D eigenvalue weighted by atomic mass is 10.1. The number of fused-ring (bicyclic) bond motifs is 1. The van der Waals surface area contributed by atoms with Crippen LogP contribution in [0, 0.1) is 12.7 Å². The molecule has 0 aliphatic carbocycles. The number of H-pyrrole nitrogens is 1. The van der Waals surface area contributed by atoms with Gasteiger partial charge in [-0.05, 0) is 36.8 Å². The SMILES string of the molecule is Cc1ccc(F)cc1NC(=O)c1cccc2cc[nH]c12. The third kappa shape index (κ3) is 2.16. The molecule has 1 aromatic heterocycles. The number of halogens is 1. The number of aryl methyl sites for hydroxylation is 1. The lowest BCUT2D eigenvalue weighted by molar-refractivity contribution is 0.102. The second kappa shape index (κ2) is 4.81. The van der Waals surface area contributed by atoms with E-state index < -0.39 is 0 Å². The molecule has 0 aliphatic heterocycles. The number of carbonyl (C=O) groups excluding carboxylic acids is 1. The minimum absolute atomic E-state index is 0.258. The van der Waals surface area contributed by atoms with Crippen LogP contribution in [0.5, 0.6) is 0 Å². The number of para-hydroxylation sites is 1. The Morgan fingerprint density at radius 2 is 2.05 bits per heavy atom. The van der Waals surface area contributed by atoms with Crippen LogP contribution in [0.2, 0.25) is 0 Å². The standard InChI is InChI=1S/C16H13FN2O/c1-10-5-6-12(17)9-14(10)19-16(20)13-4-2-3-11-7-8-18-15(11)13/h2-9,18H,1H3,(H,19,20). The molecule has 3 rings (SSSR count). The van der Waals surface area contributed by atoms with Crippen LogP contribution in [0.15, 0.2) is 48.7 Å². The van der Waals surface area contributed by atoms with Crippen molar-refractivity contribution in [3.63, 3.8) is 0 Å². The fraction of sp³-hybridized carbons (Fsp3) is 0.0625. The van der Waals surface area contributed by atoms with Crippen molar-refractivity contribution in [3.8, 4) is 0 Å². The highest BCUT2D eigenvalue weighted by Gasteiger charge is 2.12. The summed E-state index contributed by atoms with van der Waals surface area (Å²) in [6, 6.07) is 11.7. The molecule has 0 saturated heterocycles. The molecule has 3 nitrogen and oxygen atoms in total. The van der Waals surface area contributed by atoms with E-state index in [1.165, 1.54) is 12.1 Å². The Morgan fingerprint density at radius 1 is 1.20 bits per heavy atom. The van der Waals surface area contributed by atoms with Gasteiger partial charge >= 0.3 is 0 Å². The van der Waals surface area contributed by atoms with Crippen LogP contribution < -0.4 is 5.32 Å². The smallest absolute Gasteiger partial charge is 0.257 e. The van der Waals surface area contributed by atoms with Gasteiger partial charge in [-0.25, -0.2) is 4.39 Å². The maximum absolute atomic E-state index is 13.2. The largest absolute Gasteiger partial charge is 0.361 e. The zero-order chi connectivity index (χ0) is 14.1. The summed E-state index contributed by atoms with van der Waals surface area (Å²) in [4.78, 5) is 15.4. The van der Waals surface area contributed by atoms with E-state index in [0.717, 1.165) is 16.5 Å². The molecule has 0 bridgehead atoms. The number of aromatic nitrogens is 1. The molecule has 0 aliphatic rings. The summed E-state index contributed by atoms with van der Waals surface area (Å²) in [5, 5.41) is 3.72. The molecule has 0 saturated carbocycles. The second-order valence-electron chi connectivity index (χ2n) is 4.66.